The molecule has 1 aromatic heterocycles. The van der Waals surface area contributed by atoms with Crippen LogP contribution in [0.4, 0.5) is 0 Å². The molecule has 1 amide bonds. The van der Waals surface area contributed by atoms with E-state index in [9.17, 15) is 9.59 Å². The van der Waals surface area contributed by atoms with E-state index in [-0.39, 0.29) is 12.3 Å². The minimum Gasteiger partial charge on any atom is -0.480 e. The molecule has 0 aliphatic rings. The fourth-order valence-corrected chi connectivity index (χ4v) is 2.18. The van der Waals surface area contributed by atoms with Crippen molar-refractivity contribution in [1.29, 1.82) is 0 Å². The number of aliphatic carboxylic acids is 1. The molecule has 0 unspecified atom stereocenters. The normalized spacial score (nSPS) is 11.3. The van der Waals surface area contributed by atoms with Gasteiger partial charge >= 0.3 is 5.97 Å². The number of carbonyl (C=O) groups is 2. The van der Waals surface area contributed by atoms with Gasteiger partial charge in [0.05, 0.1) is 6.20 Å². The third-order valence-electron chi connectivity index (χ3n) is 4.13. The van der Waals surface area contributed by atoms with Gasteiger partial charge in [0.2, 0.25) is 5.91 Å². The van der Waals surface area contributed by atoms with E-state index < -0.39 is 11.5 Å². The second-order valence-electron chi connectivity index (χ2n) is 6.15. The summed E-state index contributed by atoms with van der Waals surface area (Å²) < 4.78 is 5.69. The van der Waals surface area contributed by atoms with Crippen molar-refractivity contribution < 1.29 is 19.1 Å². The van der Waals surface area contributed by atoms with Gasteiger partial charge in [-0.3, -0.25) is 4.79 Å². The standard InChI is InChI=1S/C18H22N2O4/c1-18(2,17(22)23)20(3)16(21)11-7-10-15-19-12-14(24-15)13-8-5-4-6-9-13/h4-6,8-9,12H,7,10-11H2,1-3H3,(H,22,23). The molecule has 1 heterocycles. The number of aromatic nitrogens is 1. The van der Waals surface area contributed by atoms with E-state index in [1.807, 2.05) is 30.3 Å². The van der Waals surface area contributed by atoms with Crippen molar-refractivity contribution >= 4 is 11.9 Å². The van der Waals surface area contributed by atoms with Crippen LogP contribution in [0.2, 0.25) is 0 Å². The third-order valence-corrected chi connectivity index (χ3v) is 4.13. The van der Waals surface area contributed by atoms with Gasteiger partial charge in [-0.25, -0.2) is 9.78 Å². The predicted molar refractivity (Wildman–Crippen MR) is 89.4 cm³/mol. The van der Waals surface area contributed by atoms with Gasteiger partial charge in [-0.1, -0.05) is 30.3 Å². The van der Waals surface area contributed by atoms with Crippen molar-refractivity contribution in [2.75, 3.05) is 7.05 Å². The highest BCUT2D eigenvalue weighted by Crippen LogP contribution is 2.21. The molecular weight excluding hydrogens is 308 g/mol. The number of hydrogen-bond acceptors (Lipinski definition) is 4. The first-order valence-electron chi connectivity index (χ1n) is 7.82. The number of amides is 1. The Morgan fingerprint density at radius 2 is 1.92 bits per heavy atom. The Labute approximate surface area is 141 Å². The molecule has 2 aromatic rings. The van der Waals surface area contributed by atoms with Gasteiger partial charge in [-0.15, -0.1) is 0 Å². The molecule has 6 heteroatoms. The van der Waals surface area contributed by atoms with Crippen molar-refractivity contribution in [3.05, 3.63) is 42.4 Å². The lowest BCUT2D eigenvalue weighted by Crippen LogP contribution is -2.50. The van der Waals surface area contributed by atoms with Crippen molar-refractivity contribution in [2.45, 2.75) is 38.6 Å². The van der Waals surface area contributed by atoms with Gasteiger partial charge in [0, 0.05) is 25.5 Å². The van der Waals surface area contributed by atoms with Crippen molar-refractivity contribution in [1.82, 2.24) is 9.88 Å². The minimum absolute atomic E-state index is 0.211. The van der Waals surface area contributed by atoms with Gasteiger partial charge in [-0.05, 0) is 20.3 Å². The predicted octanol–water partition coefficient (Wildman–Crippen LogP) is 2.99. The van der Waals surface area contributed by atoms with E-state index in [0.717, 1.165) is 5.56 Å². The van der Waals surface area contributed by atoms with Crippen LogP contribution in [-0.2, 0) is 16.0 Å². The monoisotopic (exact) mass is 330 g/mol. The number of hydrogen-bond donors (Lipinski definition) is 1. The third kappa shape index (κ3) is 4.01. The molecule has 0 bridgehead atoms. The molecule has 6 nitrogen and oxygen atoms in total. The number of aryl methyl sites for hydroxylation is 1. The SMILES string of the molecule is CN(C(=O)CCCc1ncc(-c2ccccc2)o1)C(C)(C)C(=O)O. The van der Waals surface area contributed by atoms with Crippen LogP contribution < -0.4 is 0 Å². The van der Waals surface area contributed by atoms with E-state index in [2.05, 4.69) is 4.98 Å². The number of carboxylic acid groups (broad SMARTS) is 1. The van der Waals surface area contributed by atoms with Crippen LogP contribution in [0, 0.1) is 0 Å². The average Bonchev–Trinajstić information content (AvgIpc) is 3.03. The second-order valence-corrected chi connectivity index (χ2v) is 6.15. The lowest BCUT2D eigenvalue weighted by atomic mass is 10.0. The van der Waals surface area contributed by atoms with Gasteiger partial charge in [0.25, 0.3) is 0 Å². The van der Waals surface area contributed by atoms with Crippen molar-refractivity contribution in [2.24, 2.45) is 0 Å². The Hall–Kier alpha value is -2.63. The number of benzene rings is 1. The Balaban J connectivity index is 1.88. The summed E-state index contributed by atoms with van der Waals surface area (Å²) in [5.41, 5.74) is -0.268. The molecule has 0 atom stereocenters. The maximum atomic E-state index is 12.1. The Morgan fingerprint density at radius 3 is 2.54 bits per heavy atom. The van der Waals surface area contributed by atoms with Crippen LogP contribution in [-0.4, -0.2) is 39.5 Å². The minimum atomic E-state index is -1.22. The number of rotatable bonds is 7. The average molecular weight is 330 g/mol. The van der Waals surface area contributed by atoms with Crippen LogP contribution in [0.25, 0.3) is 11.3 Å². The van der Waals surface area contributed by atoms with Crippen molar-refractivity contribution in [3.8, 4) is 11.3 Å². The largest absolute Gasteiger partial charge is 0.480 e. The molecule has 0 fully saturated rings. The number of oxazole rings is 1. The lowest BCUT2D eigenvalue weighted by molar-refractivity contribution is -0.155. The molecule has 0 radical (unpaired) electrons. The summed E-state index contributed by atoms with van der Waals surface area (Å²) in [6.07, 6.45) is 3.00. The van der Waals surface area contributed by atoms with E-state index in [4.69, 9.17) is 9.52 Å². The molecule has 24 heavy (non-hydrogen) atoms. The summed E-state index contributed by atoms with van der Waals surface area (Å²) in [7, 11) is 1.51. The highest BCUT2D eigenvalue weighted by Gasteiger charge is 2.34. The first-order chi connectivity index (χ1) is 11.3. The fraction of sp³-hybridized carbons (Fsp3) is 0.389. The number of carboxylic acids is 1. The molecule has 0 saturated carbocycles. The number of carbonyl (C=O) groups excluding carboxylic acids is 1. The van der Waals surface area contributed by atoms with Crippen LogP contribution in [0.1, 0.15) is 32.6 Å². The zero-order valence-electron chi connectivity index (χ0n) is 14.2. The molecule has 128 valence electrons. The summed E-state index contributed by atoms with van der Waals surface area (Å²) in [5.74, 6) is 0.0265. The number of likely N-dealkylation sites (N-methyl/N-ethyl adjacent to an activating group) is 1. The molecule has 0 aliphatic carbocycles. The van der Waals surface area contributed by atoms with Gasteiger partial charge < -0.3 is 14.4 Å². The molecule has 0 aliphatic heterocycles. The maximum Gasteiger partial charge on any atom is 0.329 e. The smallest absolute Gasteiger partial charge is 0.329 e. The van der Waals surface area contributed by atoms with Crippen molar-refractivity contribution in [3.63, 3.8) is 0 Å². The summed E-state index contributed by atoms with van der Waals surface area (Å²) in [6, 6.07) is 9.67. The van der Waals surface area contributed by atoms with Crippen LogP contribution >= 0.6 is 0 Å². The lowest BCUT2D eigenvalue weighted by Gasteiger charge is -2.31. The van der Waals surface area contributed by atoms with E-state index in [1.165, 1.54) is 25.8 Å². The number of nitrogens with zero attached hydrogens (tertiary/aromatic N) is 2. The maximum absolute atomic E-state index is 12.1. The van der Waals surface area contributed by atoms with Gasteiger partial charge in [0.15, 0.2) is 11.7 Å². The van der Waals surface area contributed by atoms with Gasteiger partial charge in [-0.2, -0.15) is 0 Å². The molecule has 1 N–H and O–H groups in total. The highest BCUT2D eigenvalue weighted by molar-refractivity contribution is 5.86. The fourth-order valence-electron chi connectivity index (χ4n) is 2.18. The molecule has 0 saturated heterocycles. The first-order valence-corrected chi connectivity index (χ1v) is 7.82. The zero-order valence-corrected chi connectivity index (χ0v) is 14.2. The highest BCUT2D eigenvalue weighted by atomic mass is 16.4. The van der Waals surface area contributed by atoms with Crippen LogP contribution in [0.15, 0.2) is 40.9 Å². The summed E-state index contributed by atoms with van der Waals surface area (Å²) in [4.78, 5) is 28.8. The Kier molecular flexibility index (Phi) is 5.39. The summed E-state index contributed by atoms with van der Waals surface area (Å²) >= 11 is 0. The molecule has 1 aromatic carbocycles. The first kappa shape index (κ1) is 17.7. The van der Waals surface area contributed by atoms with Crippen LogP contribution in [0.5, 0.6) is 0 Å². The Morgan fingerprint density at radius 1 is 1.25 bits per heavy atom. The topological polar surface area (TPSA) is 83.6 Å². The second kappa shape index (κ2) is 7.29. The molecular formula is C18H22N2O4. The van der Waals surface area contributed by atoms with Gasteiger partial charge in [0.1, 0.15) is 5.54 Å². The molecule has 2 rings (SSSR count). The summed E-state index contributed by atoms with van der Waals surface area (Å²) in [6.45, 7) is 3.01. The quantitative estimate of drug-likeness (QED) is 0.844. The Bertz CT molecular complexity index is 707. The molecule has 0 spiro atoms. The van der Waals surface area contributed by atoms with E-state index in [1.54, 1.807) is 6.20 Å². The zero-order chi connectivity index (χ0) is 17.7. The van der Waals surface area contributed by atoms with E-state index >= 15 is 0 Å². The summed E-state index contributed by atoms with van der Waals surface area (Å²) in [5, 5.41) is 9.16. The van der Waals surface area contributed by atoms with E-state index in [0.29, 0.717) is 24.5 Å². The van der Waals surface area contributed by atoms with Crippen LogP contribution in [0.3, 0.4) is 0 Å².